The van der Waals surface area contributed by atoms with Gasteiger partial charge in [0, 0.05) is 55.2 Å². The van der Waals surface area contributed by atoms with Crippen molar-refractivity contribution in [3.8, 4) is 23.1 Å². The van der Waals surface area contributed by atoms with E-state index in [-0.39, 0.29) is 11.8 Å². The number of pyridine rings is 1. The first kappa shape index (κ1) is 26.0. The number of nitrogens with zero attached hydrogens (tertiary/aromatic N) is 2. The Morgan fingerprint density at radius 2 is 1.77 bits per heavy atom. The van der Waals surface area contributed by atoms with E-state index in [1.54, 1.807) is 6.92 Å². The minimum Gasteiger partial charge on any atom is -0.370 e. The molecule has 0 saturated heterocycles. The van der Waals surface area contributed by atoms with Crippen LogP contribution in [-0.2, 0) is 11.2 Å². The number of hydrogen-bond acceptors (Lipinski definition) is 3. The van der Waals surface area contributed by atoms with E-state index in [4.69, 9.17) is 4.98 Å². The molecule has 0 radical (unpaired) electrons. The third kappa shape index (κ3) is 6.95. The highest BCUT2D eigenvalue weighted by atomic mass is 16.2. The number of carbonyl (C=O) groups excluding carboxylic acids is 2. The van der Waals surface area contributed by atoms with E-state index in [0.717, 1.165) is 59.1 Å². The maximum Gasteiger partial charge on any atom is 0.253 e. The van der Waals surface area contributed by atoms with E-state index in [1.165, 1.54) is 12.8 Å². The SMILES string of the molecule is CCC(N)=O.CCCC#CCc1c[nH]c2ccc(-c3ccc(C(=O)N(C)C4CCCC4)cc3)nc12. The Balaban J connectivity index is 0.000000623. The summed E-state index contributed by atoms with van der Waals surface area (Å²) >= 11 is 0. The molecule has 6 nitrogen and oxygen atoms in total. The summed E-state index contributed by atoms with van der Waals surface area (Å²) in [5.41, 5.74) is 10.4. The molecule has 0 bridgehead atoms. The average Bonchev–Trinajstić information content (AvgIpc) is 3.56. The van der Waals surface area contributed by atoms with Crippen molar-refractivity contribution < 1.29 is 9.59 Å². The van der Waals surface area contributed by atoms with Crippen LogP contribution in [0.5, 0.6) is 0 Å². The first-order chi connectivity index (χ1) is 16.9. The van der Waals surface area contributed by atoms with Gasteiger partial charge in [-0.1, -0.05) is 44.7 Å². The number of fused-ring (bicyclic) bond motifs is 1. The number of benzene rings is 1. The van der Waals surface area contributed by atoms with Crippen molar-refractivity contribution in [2.45, 2.75) is 71.3 Å². The van der Waals surface area contributed by atoms with Crippen LogP contribution in [0.4, 0.5) is 0 Å². The number of nitrogens with one attached hydrogen (secondary N) is 1. The van der Waals surface area contributed by atoms with E-state index in [9.17, 15) is 9.59 Å². The second kappa shape index (κ2) is 12.8. The maximum atomic E-state index is 12.8. The molecule has 1 aliphatic carbocycles. The summed E-state index contributed by atoms with van der Waals surface area (Å²) < 4.78 is 0. The molecule has 1 aromatic carbocycles. The van der Waals surface area contributed by atoms with Crippen LogP contribution >= 0.6 is 0 Å². The average molecular weight is 473 g/mol. The number of carbonyl (C=O) groups is 2. The zero-order valence-electron chi connectivity index (χ0n) is 21.1. The number of rotatable bonds is 6. The van der Waals surface area contributed by atoms with Gasteiger partial charge in [0.2, 0.25) is 5.91 Å². The van der Waals surface area contributed by atoms with E-state index in [0.29, 0.717) is 18.9 Å². The van der Waals surface area contributed by atoms with Gasteiger partial charge in [0.25, 0.3) is 5.91 Å². The molecular formula is C29H36N4O2. The molecule has 1 fully saturated rings. The molecule has 35 heavy (non-hydrogen) atoms. The number of hydrogen-bond donors (Lipinski definition) is 2. The predicted molar refractivity (Wildman–Crippen MR) is 142 cm³/mol. The van der Waals surface area contributed by atoms with Crippen LogP contribution in [0.2, 0.25) is 0 Å². The first-order valence-electron chi connectivity index (χ1n) is 12.5. The molecule has 1 saturated carbocycles. The van der Waals surface area contributed by atoms with Gasteiger partial charge in [-0.05, 0) is 43.5 Å². The molecule has 1 aliphatic rings. The van der Waals surface area contributed by atoms with Gasteiger partial charge in [0.05, 0.1) is 16.7 Å². The van der Waals surface area contributed by atoms with Crippen LogP contribution in [0, 0.1) is 11.8 Å². The largest absolute Gasteiger partial charge is 0.370 e. The van der Waals surface area contributed by atoms with E-state index >= 15 is 0 Å². The maximum absolute atomic E-state index is 12.8. The number of amides is 2. The van der Waals surface area contributed by atoms with Gasteiger partial charge in [0.1, 0.15) is 0 Å². The number of H-pyrrole nitrogens is 1. The van der Waals surface area contributed by atoms with Gasteiger partial charge in [-0.15, -0.1) is 5.92 Å². The Kier molecular flexibility index (Phi) is 9.48. The minimum absolute atomic E-state index is 0.107. The molecule has 0 aliphatic heterocycles. The van der Waals surface area contributed by atoms with Gasteiger partial charge < -0.3 is 15.6 Å². The Morgan fingerprint density at radius 1 is 1.09 bits per heavy atom. The second-order valence-corrected chi connectivity index (χ2v) is 8.94. The molecule has 2 amide bonds. The van der Waals surface area contributed by atoms with E-state index < -0.39 is 0 Å². The fourth-order valence-electron chi connectivity index (χ4n) is 4.16. The summed E-state index contributed by atoms with van der Waals surface area (Å²) in [6, 6.07) is 12.3. The van der Waals surface area contributed by atoms with Crippen LogP contribution in [0.15, 0.2) is 42.6 Å². The summed E-state index contributed by atoms with van der Waals surface area (Å²) in [7, 11) is 1.93. The lowest BCUT2D eigenvalue weighted by atomic mass is 10.1. The molecule has 184 valence electrons. The molecule has 2 heterocycles. The summed E-state index contributed by atoms with van der Waals surface area (Å²) in [5, 5.41) is 0. The van der Waals surface area contributed by atoms with Gasteiger partial charge >= 0.3 is 0 Å². The predicted octanol–water partition coefficient (Wildman–Crippen LogP) is 5.47. The van der Waals surface area contributed by atoms with E-state index in [2.05, 4.69) is 35.5 Å². The highest BCUT2D eigenvalue weighted by Gasteiger charge is 2.24. The van der Waals surface area contributed by atoms with Crippen molar-refractivity contribution >= 4 is 22.8 Å². The second-order valence-electron chi connectivity index (χ2n) is 8.94. The lowest BCUT2D eigenvalue weighted by molar-refractivity contribution is -0.117. The molecule has 3 aromatic rings. The normalized spacial score (nSPS) is 13.0. The lowest BCUT2D eigenvalue weighted by Gasteiger charge is -2.24. The van der Waals surface area contributed by atoms with Crippen LogP contribution in [0.3, 0.4) is 0 Å². The number of primary amides is 1. The molecular weight excluding hydrogens is 436 g/mol. The van der Waals surface area contributed by atoms with Crippen molar-refractivity contribution in [2.24, 2.45) is 5.73 Å². The fourth-order valence-corrected chi connectivity index (χ4v) is 4.16. The lowest BCUT2D eigenvalue weighted by Crippen LogP contribution is -2.35. The van der Waals surface area contributed by atoms with Gasteiger partial charge in [-0.2, -0.15) is 0 Å². The first-order valence-corrected chi connectivity index (χ1v) is 12.5. The summed E-state index contributed by atoms with van der Waals surface area (Å²) in [5.74, 6) is 6.31. The molecule has 2 aromatic heterocycles. The zero-order chi connectivity index (χ0) is 25.2. The fraction of sp³-hybridized carbons (Fsp3) is 0.414. The molecule has 3 N–H and O–H groups in total. The van der Waals surface area contributed by atoms with E-state index in [1.807, 2.05) is 48.5 Å². The Labute approximate surface area is 208 Å². The highest BCUT2D eigenvalue weighted by Crippen LogP contribution is 2.26. The molecule has 4 rings (SSSR count). The minimum atomic E-state index is -0.245. The van der Waals surface area contributed by atoms with Gasteiger partial charge in [-0.25, -0.2) is 4.98 Å². The monoisotopic (exact) mass is 472 g/mol. The van der Waals surface area contributed by atoms with Crippen LogP contribution in [0.1, 0.15) is 74.7 Å². The quantitative estimate of drug-likeness (QED) is 0.466. The summed E-state index contributed by atoms with van der Waals surface area (Å²) in [6.07, 6.45) is 9.85. The van der Waals surface area contributed by atoms with Crippen molar-refractivity contribution in [2.75, 3.05) is 7.05 Å². The van der Waals surface area contributed by atoms with Crippen molar-refractivity contribution in [1.29, 1.82) is 0 Å². The number of unbranched alkanes of at least 4 members (excludes halogenated alkanes) is 1. The van der Waals surface area contributed by atoms with Gasteiger partial charge in [-0.3, -0.25) is 9.59 Å². The Bertz CT molecular complexity index is 1190. The zero-order valence-corrected chi connectivity index (χ0v) is 21.1. The van der Waals surface area contributed by atoms with Crippen molar-refractivity contribution in [3.05, 3.63) is 53.7 Å². The molecule has 6 heteroatoms. The van der Waals surface area contributed by atoms with Crippen LogP contribution in [-0.4, -0.2) is 39.8 Å². The summed E-state index contributed by atoms with van der Waals surface area (Å²) in [4.78, 5) is 32.5. The summed E-state index contributed by atoms with van der Waals surface area (Å²) in [6.45, 7) is 3.86. The van der Waals surface area contributed by atoms with Crippen LogP contribution in [0.25, 0.3) is 22.3 Å². The number of aromatic amines is 1. The third-order valence-electron chi connectivity index (χ3n) is 6.35. The molecule has 0 atom stereocenters. The van der Waals surface area contributed by atoms with Gasteiger partial charge in [0.15, 0.2) is 0 Å². The molecule has 0 spiro atoms. The standard InChI is InChI=1S/C26H29N3O.C3H7NO/c1-3-4-5-6-9-21-18-27-24-17-16-23(28-25(21)24)19-12-14-20(15-13-19)26(30)29(2)22-10-7-8-11-22;1-2-3(4)5/h12-18,22,27H,3-4,7-11H2,1-2H3;2H2,1H3,(H2,4,5). The topological polar surface area (TPSA) is 92.1 Å². The smallest absolute Gasteiger partial charge is 0.253 e. The highest BCUT2D eigenvalue weighted by molar-refractivity contribution is 5.94. The van der Waals surface area contributed by atoms with Crippen molar-refractivity contribution in [3.63, 3.8) is 0 Å². The Hall–Kier alpha value is -3.59. The Morgan fingerprint density at radius 3 is 2.40 bits per heavy atom. The van der Waals surface area contributed by atoms with Crippen LogP contribution < -0.4 is 5.73 Å². The molecule has 0 unspecified atom stereocenters. The number of aromatic nitrogens is 2. The number of nitrogens with two attached hydrogens (primary N) is 1. The third-order valence-corrected chi connectivity index (χ3v) is 6.35. The van der Waals surface area contributed by atoms with Crippen molar-refractivity contribution in [1.82, 2.24) is 14.9 Å².